The summed E-state index contributed by atoms with van der Waals surface area (Å²) in [4.78, 5) is 21.8. The van der Waals surface area contributed by atoms with Gasteiger partial charge < -0.3 is 9.67 Å². The number of hydrogen-bond acceptors (Lipinski definition) is 3. The molecule has 0 spiro atoms. The van der Waals surface area contributed by atoms with Crippen molar-refractivity contribution in [1.82, 2.24) is 4.57 Å². The molecule has 0 radical (unpaired) electrons. The van der Waals surface area contributed by atoms with Crippen LogP contribution in [0.25, 0.3) is 16.9 Å². The second-order valence-corrected chi connectivity index (χ2v) is 4.93. The Labute approximate surface area is 131 Å². The zero-order chi connectivity index (χ0) is 16.4. The number of carboxylic acids is 1. The van der Waals surface area contributed by atoms with Gasteiger partial charge in [-0.3, -0.25) is 10.1 Å². The van der Waals surface area contributed by atoms with Crippen LogP contribution in [0.2, 0.25) is 0 Å². The van der Waals surface area contributed by atoms with Gasteiger partial charge in [-0.25, -0.2) is 4.79 Å². The minimum absolute atomic E-state index is 0.0490. The van der Waals surface area contributed by atoms with Crippen LogP contribution in [0.1, 0.15) is 10.4 Å². The average molecular weight is 308 g/mol. The highest BCUT2D eigenvalue weighted by molar-refractivity contribution is 5.89. The summed E-state index contributed by atoms with van der Waals surface area (Å²) in [6.07, 6.45) is 1.46. The average Bonchev–Trinajstić information content (AvgIpc) is 3.01. The molecular weight excluding hydrogens is 296 g/mol. The van der Waals surface area contributed by atoms with Crippen molar-refractivity contribution in [2.75, 3.05) is 0 Å². The molecule has 3 aromatic rings. The van der Waals surface area contributed by atoms with Gasteiger partial charge in [0.2, 0.25) is 0 Å². The molecule has 114 valence electrons. The predicted molar refractivity (Wildman–Crippen MR) is 84.8 cm³/mol. The molecule has 0 aliphatic heterocycles. The SMILES string of the molecule is O=C(O)c1cc(-c2ccccc2)n(-c2cccc([N+](=O)[O-])c2)c1. The lowest BCUT2D eigenvalue weighted by atomic mass is 10.1. The molecule has 0 fully saturated rings. The summed E-state index contributed by atoms with van der Waals surface area (Å²) in [5.41, 5.74) is 2.09. The zero-order valence-electron chi connectivity index (χ0n) is 11.9. The number of aromatic carboxylic acids is 1. The van der Waals surface area contributed by atoms with E-state index in [2.05, 4.69) is 0 Å². The van der Waals surface area contributed by atoms with E-state index in [9.17, 15) is 20.0 Å². The Morgan fingerprint density at radius 2 is 1.78 bits per heavy atom. The number of non-ortho nitro benzene ring substituents is 1. The Morgan fingerprint density at radius 3 is 2.43 bits per heavy atom. The van der Waals surface area contributed by atoms with Crippen molar-refractivity contribution in [3.63, 3.8) is 0 Å². The van der Waals surface area contributed by atoms with Crippen molar-refractivity contribution in [3.8, 4) is 16.9 Å². The Morgan fingerprint density at radius 1 is 1.04 bits per heavy atom. The van der Waals surface area contributed by atoms with E-state index in [-0.39, 0.29) is 11.3 Å². The first-order chi connectivity index (χ1) is 11.1. The summed E-state index contributed by atoms with van der Waals surface area (Å²) in [5.74, 6) is -1.05. The molecule has 0 aliphatic rings. The molecular formula is C17H12N2O4. The Balaban J connectivity index is 2.20. The van der Waals surface area contributed by atoms with Crippen LogP contribution < -0.4 is 0 Å². The van der Waals surface area contributed by atoms with Crippen molar-refractivity contribution < 1.29 is 14.8 Å². The highest BCUT2D eigenvalue weighted by atomic mass is 16.6. The number of aromatic nitrogens is 1. The van der Waals surface area contributed by atoms with Crippen molar-refractivity contribution in [1.29, 1.82) is 0 Å². The van der Waals surface area contributed by atoms with Gasteiger partial charge >= 0.3 is 5.97 Å². The van der Waals surface area contributed by atoms with Gasteiger partial charge in [0.15, 0.2) is 0 Å². The molecule has 3 rings (SSSR count). The van der Waals surface area contributed by atoms with E-state index in [0.717, 1.165) is 5.56 Å². The first-order valence-electron chi connectivity index (χ1n) is 6.82. The van der Waals surface area contributed by atoms with Gasteiger partial charge in [-0.15, -0.1) is 0 Å². The molecule has 0 aliphatic carbocycles. The van der Waals surface area contributed by atoms with E-state index in [0.29, 0.717) is 11.4 Å². The van der Waals surface area contributed by atoms with Gasteiger partial charge in [0, 0.05) is 18.3 Å². The number of nitro groups is 1. The molecule has 1 aromatic heterocycles. The van der Waals surface area contributed by atoms with Gasteiger partial charge in [-0.2, -0.15) is 0 Å². The molecule has 1 N–H and O–H groups in total. The summed E-state index contributed by atoms with van der Waals surface area (Å²) in [6.45, 7) is 0. The Hall–Kier alpha value is -3.41. The number of nitrogens with zero attached hydrogens (tertiary/aromatic N) is 2. The number of benzene rings is 2. The second kappa shape index (κ2) is 5.76. The summed E-state index contributed by atoms with van der Waals surface area (Å²) in [5, 5.41) is 20.2. The van der Waals surface area contributed by atoms with Crippen LogP contribution in [0.4, 0.5) is 5.69 Å². The maximum atomic E-state index is 11.3. The first kappa shape index (κ1) is 14.5. The maximum absolute atomic E-state index is 11.3. The molecule has 0 unspecified atom stereocenters. The molecule has 0 amide bonds. The topological polar surface area (TPSA) is 85.4 Å². The number of carbonyl (C=O) groups is 1. The van der Waals surface area contributed by atoms with E-state index in [1.807, 2.05) is 30.3 Å². The van der Waals surface area contributed by atoms with Crippen molar-refractivity contribution >= 4 is 11.7 Å². The lowest BCUT2D eigenvalue weighted by Crippen LogP contribution is -1.97. The van der Waals surface area contributed by atoms with Crippen LogP contribution in [0.5, 0.6) is 0 Å². The van der Waals surface area contributed by atoms with Crippen molar-refractivity contribution in [2.24, 2.45) is 0 Å². The van der Waals surface area contributed by atoms with E-state index >= 15 is 0 Å². The van der Waals surface area contributed by atoms with E-state index in [1.54, 1.807) is 22.8 Å². The van der Waals surface area contributed by atoms with Crippen LogP contribution in [0.15, 0.2) is 66.9 Å². The molecule has 6 nitrogen and oxygen atoms in total. The summed E-state index contributed by atoms with van der Waals surface area (Å²) >= 11 is 0. The molecule has 0 saturated heterocycles. The Bertz CT molecular complexity index is 885. The van der Waals surface area contributed by atoms with Crippen LogP contribution in [0.3, 0.4) is 0 Å². The molecule has 6 heteroatoms. The quantitative estimate of drug-likeness (QED) is 0.587. The zero-order valence-corrected chi connectivity index (χ0v) is 11.9. The van der Waals surface area contributed by atoms with Gasteiger partial charge in [0.1, 0.15) is 0 Å². The second-order valence-electron chi connectivity index (χ2n) is 4.93. The van der Waals surface area contributed by atoms with Crippen LogP contribution in [-0.4, -0.2) is 20.6 Å². The standard InChI is InChI=1S/C17H12N2O4/c20-17(21)13-9-16(12-5-2-1-3-6-12)18(11-13)14-7-4-8-15(10-14)19(22)23/h1-11H,(H,20,21). The molecule has 0 bridgehead atoms. The normalized spacial score (nSPS) is 10.4. The minimum atomic E-state index is -1.05. The summed E-state index contributed by atoms with van der Waals surface area (Å²) < 4.78 is 1.64. The van der Waals surface area contributed by atoms with Gasteiger partial charge in [-0.1, -0.05) is 36.4 Å². The molecule has 0 atom stereocenters. The maximum Gasteiger partial charge on any atom is 0.337 e. The van der Waals surface area contributed by atoms with Crippen molar-refractivity contribution in [2.45, 2.75) is 0 Å². The fraction of sp³-hybridized carbons (Fsp3) is 0. The summed E-state index contributed by atoms with van der Waals surface area (Å²) in [6, 6.07) is 16.9. The number of rotatable bonds is 4. The molecule has 1 heterocycles. The first-order valence-corrected chi connectivity index (χ1v) is 6.82. The van der Waals surface area contributed by atoms with Crippen LogP contribution >= 0.6 is 0 Å². The third kappa shape index (κ3) is 2.82. The number of nitro benzene ring substituents is 1. The lowest BCUT2D eigenvalue weighted by molar-refractivity contribution is -0.384. The van der Waals surface area contributed by atoms with Crippen molar-refractivity contribution in [3.05, 3.63) is 82.5 Å². The smallest absolute Gasteiger partial charge is 0.337 e. The van der Waals surface area contributed by atoms with E-state index < -0.39 is 10.9 Å². The highest BCUT2D eigenvalue weighted by Gasteiger charge is 2.15. The fourth-order valence-electron chi connectivity index (χ4n) is 2.38. The van der Waals surface area contributed by atoms with E-state index in [4.69, 9.17) is 0 Å². The van der Waals surface area contributed by atoms with Crippen LogP contribution in [-0.2, 0) is 0 Å². The largest absolute Gasteiger partial charge is 0.478 e. The lowest BCUT2D eigenvalue weighted by Gasteiger charge is -2.09. The monoisotopic (exact) mass is 308 g/mol. The molecule has 0 saturated carbocycles. The van der Waals surface area contributed by atoms with Gasteiger partial charge in [0.25, 0.3) is 5.69 Å². The van der Waals surface area contributed by atoms with Gasteiger partial charge in [0.05, 0.1) is 21.9 Å². The Kier molecular flexibility index (Phi) is 3.64. The molecule has 2 aromatic carbocycles. The minimum Gasteiger partial charge on any atom is -0.478 e. The molecule has 23 heavy (non-hydrogen) atoms. The third-order valence-electron chi connectivity index (χ3n) is 3.46. The van der Waals surface area contributed by atoms with E-state index in [1.165, 1.54) is 18.3 Å². The fourth-order valence-corrected chi connectivity index (χ4v) is 2.38. The highest BCUT2D eigenvalue weighted by Crippen LogP contribution is 2.27. The summed E-state index contributed by atoms with van der Waals surface area (Å²) in [7, 11) is 0. The van der Waals surface area contributed by atoms with Gasteiger partial charge in [-0.05, 0) is 17.7 Å². The predicted octanol–water partition coefficient (Wildman–Crippen LogP) is 3.75. The van der Waals surface area contributed by atoms with Crippen LogP contribution in [0, 0.1) is 10.1 Å². The third-order valence-corrected chi connectivity index (χ3v) is 3.46. The number of hydrogen-bond donors (Lipinski definition) is 1. The number of carboxylic acid groups (broad SMARTS) is 1.